The van der Waals surface area contributed by atoms with E-state index in [1.807, 2.05) is 13.0 Å². The Balaban J connectivity index is 1.92. The van der Waals surface area contributed by atoms with Crippen molar-refractivity contribution in [2.75, 3.05) is 11.9 Å². The molecule has 0 radical (unpaired) electrons. The molecule has 0 unspecified atom stereocenters. The topological polar surface area (TPSA) is 46.1 Å². The van der Waals surface area contributed by atoms with Crippen LogP contribution >= 0.6 is 0 Å². The zero-order valence-electron chi connectivity index (χ0n) is 14.4. The number of rotatable bonds is 5. The number of carbonyl (C=O) groups is 1. The summed E-state index contributed by atoms with van der Waals surface area (Å²) < 4.78 is 28.4. The quantitative estimate of drug-likeness (QED) is 0.643. The summed E-state index contributed by atoms with van der Waals surface area (Å²) in [6.07, 6.45) is 4.32. The first kappa shape index (κ1) is 17.7. The number of Topliss-reactive ketones (excluding diaryl/α,β-unsaturated/α-hetero) is 1. The molecule has 1 aromatic heterocycles. The van der Waals surface area contributed by atoms with E-state index >= 15 is 0 Å². The smallest absolute Gasteiger partial charge is 0.182 e. The fourth-order valence-electron chi connectivity index (χ4n) is 2.68. The molecule has 0 aliphatic rings. The number of aryl methyl sites for hydroxylation is 1. The first-order valence-electron chi connectivity index (χ1n) is 8.02. The van der Waals surface area contributed by atoms with Gasteiger partial charge in [0.2, 0.25) is 0 Å². The van der Waals surface area contributed by atoms with Crippen molar-refractivity contribution in [2.45, 2.75) is 13.3 Å². The van der Waals surface area contributed by atoms with Crippen LogP contribution < -0.4 is 4.90 Å². The Kier molecular flexibility index (Phi) is 5.02. The second kappa shape index (κ2) is 7.39. The van der Waals surface area contributed by atoms with Crippen molar-refractivity contribution < 1.29 is 13.6 Å². The van der Waals surface area contributed by atoms with Crippen molar-refractivity contribution in [1.82, 2.24) is 9.97 Å². The van der Waals surface area contributed by atoms with Crippen LogP contribution in [0, 0.1) is 18.6 Å². The van der Waals surface area contributed by atoms with E-state index in [-0.39, 0.29) is 17.9 Å². The fraction of sp³-hybridized carbons (Fsp3) is 0.150. The molecular weight excluding hydrogens is 336 g/mol. The molecule has 1 heterocycles. The largest absolute Gasteiger partial charge is 0.340 e. The van der Waals surface area contributed by atoms with Gasteiger partial charge in [0.15, 0.2) is 17.4 Å². The van der Waals surface area contributed by atoms with Gasteiger partial charge >= 0.3 is 0 Å². The zero-order valence-corrected chi connectivity index (χ0v) is 14.4. The van der Waals surface area contributed by atoms with Crippen LogP contribution in [0.25, 0.3) is 0 Å². The van der Waals surface area contributed by atoms with Crippen LogP contribution in [0.4, 0.5) is 20.2 Å². The normalized spacial score (nSPS) is 10.6. The standard InChI is InChI=1S/C20H17F2N3O/c1-13-4-3-5-15(6-13)19(26)9-14-7-17(21)20(22)18(8-14)25(2)16-10-23-12-24-11-16/h3-8,10-12H,9H2,1-2H3. The van der Waals surface area contributed by atoms with Crippen LogP contribution in [0.1, 0.15) is 21.5 Å². The van der Waals surface area contributed by atoms with E-state index in [0.717, 1.165) is 11.6 Å². The Hall–Kier alpha value is -3.15. The second-order valence-corrected chi connectivity index (χ2v) is 6.04. The summed E-state index contributed by atoms with van der Waals surface area (Å²) in [5.74, 6) is -2.14. The summed E-state index contributed by atoms with van der Waals surface area (Å²) >= 11 is 0. The highest BCUT2D eigenvalue weighted by atomic mass is 19.2. The van der Waals surface area contributed by atoms with Gasteiger partial charge in [0.1, 0.15) is 6.33 Å². The summed E-state index contributed by atoms with van der Waals surface area (Å²) in [6.45, 7) is 1.89. The maximum atomic E-state index is 14.3. The lowest BCUT2D eigenvalue weighted by Gasteiger charge is -2.20. The third kappa shape index (κ3) is 3.74. The summed E-state index contributed by atoms with van der Waals surface area (Å²) in [5, 5.41) is 0. The van der Waals surface area contributed by atoms with Gasteiger partial charge in [-0.1, -0.05) is 23.8 Å². The third-order valence-corrected chi connectivity index (χ3v) is 4.07. The summed E-state index contributed by atoms with van der Waals surface area (Å²) in [4.78, 5) is 21.7. The molecule has 0 N–H and O–H groups in total. The number of benzene rings is 2. The van der Waals surface area contributed by atoms with Crippen LogP contribution in [0.2, 0.25) is 0 Å². The minimum atomic E-state index is -1.00. The number of aromatic nitrogens is 2. The molecule has 0 spiro atoms. The summed E-state index contributed by atoms with van der Waals surface area (Å²) in [6, 6.07) is 9.70. The van der Waals surface area contributed by atoms with Gasteiger partial charge in [-0.15, -0.1) is 0 Å². The average molecular weight is 353 g/mol. The van der Waals surface area contributed by atoms with Gasteiger partial charge in [0.05, 0.1) is 23.8 Å². The molecule has 0 atom stereocenters. The van der Waals surface area contributed by atoms with Gasteiger partial charge in [-0.2, -0.15) is 0 Å². The number of ketones is 1. The Morgan fingerprint density at radius 1 is 1.12 bits per heavy atom. The molecule has 132 valence electrons. The Morgan fingerprint density at radius 2 is 1.85 bits per heavy atom. The monoisotopic (exact) mass is 353 g/mol. The lowest BCUT2D eigenvalue weighted by atomic mass is 10.0. The van der Waals surface area contributed by atoms with E-state index in [2.05, 4.69) is 9.97 Å². The van der Waals surface area contributed by atoms with Crippen LogP contribution in [0.3, 0.4) is 0 Å². The second-order valence-electron chi connectivity index (χ2n) is 6.04. The molecule has 6 heteroatoms. The third-order valence-electron chi connectivity index (χ3n) is 4.07. The number of anilines is 2. The molecule has 0 aliphatic heterocycles. The van der Waals surface area contributed by atoms with E-state index in [1.165, 1.54) is 29.7 Å². The minimum absolute atomic E-state index is 0.0202. The molecule has 0 fully saturated rings. The van der Waals surface area contributed by atoms with Gasteiger partial charge in [0, 0.05) is 19.0 Å². The molecule has 0 saturated carbocycles. The van der Waals surface area contributed by atoms with Crippen LogP contribution in [-0.4, -0.2) is 22.8 Å². The van der Waals surface area contributed by atoms with E-state index in [9.17, 15) is 13.6 Å². The highest BCUT2D eigenvalue weighted by Gasteiger charge is 2.17. The van der Waals surface area contributed by atoms with E-state index in [4.69, 9.17) is 0 Å². The van der Waals surface area contributed by atoms with Crippen LogP contribution in [0.5, 0.6) is 0 Å². The molecule has 4 nitrogen and oxygen atoms in total. The molecule has 0 saturated heterocycles. The van der Waals surface area contributed by atoms with E-state index in [1.54, 1.807) is 25.2 Å². The lowest BCUT2D eigenvalue weighted by molar-refractivity contribution is 0.0993. The Bertz CT molecular complexity index is 945. The summed E-state index contributed by atoms with van der Waals surface area (Å²) in [5.41, 5.74) is 2.43. The van der Waals surface area contributed by atoms with Gasteiger partial charge < -0.3 is 4.90 Å². The van der Waals surface area contributed by atoms with Gasteiger partial charge in [-0.3, -0.25) is 4.79 Å². The SMILES string of the molecule is Cc1cccc(C(=O)Cc2cc(F)c(F)c(N(C)c3cncnc3)c2)c1. The van der Waals surface area contributed by atoms with Gasteiger partial charge in [-0.25, -0.2) is 18.7 Å². The highest BCUT2D eigenvalue weighted by molar-refractivity contribution is 5.97. The van der Waals surface area contributed by atoms with Crippen molar-refractivity contribution in [3.05, 3.63) is 83.4 Å². The van der Waals surface area contributed by atoms with Gasteiger partial charge in [0.25, 0.3) is 0 Å². The van der Waals surface area contributed by atoms with Crippen molar-refractivity contribution in [3.63, 3.8) is 0 Å². The number of carbonyl (C=O) groups excluding carboxylic acids is 1. The summed E-state index contributed by atoms with van der Waals surface area (Å²) in [7, 11) is 1.59. The van der Waals surface area contributed by atoms with Crippen molar-refractivity contribution in [3.8, 4) is 0 Å². The van der Waals surface area contributed by atoms with E-state index < -0.39 is 11.6 Å². The molecule has 0 amide bonds. The van der Waals surface area contributed by atoms with Crippen LogP contribution in [-0.2, 0) is 6.42 Å². The first-order valence-corrected chi connectivity index (χ1v) is 8.02. The highest BCUT2D eigenvalue weighted by Crippen LogP contribution is 2.28. The Labute approximate surface area is 150 Å². The molecule has 26 heavy (non-hydrogen) atoms. The number of hydrogen-bond acceptors (Lipinski definition) is 4. The average Bonchev–Trinajstić information content (AvgIpc) is 2.64. The molecule has 2 aromatic carbocycles. The molecule has 3 rings (SSSR count). The lowest BCUT2D eigenvalue weighted by Crippen LogP contribution is -2.14. The number of nitrogens with zero attached hydrogens (tertiary/aromatic N) is 3. The molecule has 0 bridgehead atoms. The number of hydrogen-bond donors (Lipinski definition) is 0. The Morgan fingerprint density at radius 3 is 2.54 bits per heavy atom. The van der Waals surface area contributed by atoms with Crippen LogP contribution in [0.15, 0.2) is 55.1 Å². The molecule has 3 aromatic rings. The van der Waals surface area contributed by atoms with Crippen molar-refractivity contribution >= 4 is 17.2 Å². The minimum Gasteiger partial charge on any atom is -0.340 e. The van der Waals surface area contributed by atoms with E-state index in [0.29, 0.717) is 16.8 Å². The van der Waals surface area contributed by atoms with Crippen molar-refractivity contribution in [2.24, 2.45) is 0 Å². The maximum absolute atomic E-state index is 14.3. The van der Waals surface area contributed by atoms with Crippen molar-refractivity contribution in [1.29, 1.82) is 0 Å². The predicted octanol–water partition coefficient (Wildman–Crippen LogP) is 4.26. The predicted molar refractivity (Wildman–Crippen MR) is 95.7 cm³/mol. The maximum Gasteiger partial charge on any atom is 0.182 e. The molecular formula is C20H17F2N3O. The number of halogens is 2. The fourth-order valence-corrected chi connectivity index (χ4v) is 2.68. The first-order chi connectivity index (χ1) is 12.5. The zero-order chi connectivity index (χ0) is 18.7. The molecule has 0 aliphatic carbocycles. The van der Waals surface area contributed by atoms with Gasteiger partial charge in [-0.05, 0) is 30.7 Å².